The first-order chi connectivity index (χ1) is 10.4. The summed E-state index contributed by atoms with van der Waals surface area (Å²) in [5.41, 5.74) is 7.01. The van der Waals surface area contributed by atoms with Gasteiger partial charge in [0, 0.05) is 44.0 Å². The quantitative estimate of drug-likeness (QED) is 0.681. The predicted octanol–water partition coefficient (Wildman–Crippen LogP) is 2.20. The number of nitrogens with zero attached hydrogens (tertiary/aromatic N) is 3. The van der Waals surface area contributed by atoms with Crippen molar-refractivity contribution in [3.8, 4) is 0 Å². The number of piperazine rings is 1. The maximum absolute atomic E-state index is 6.10. The highest BCUT2D eigenvalue weighted by Gasteiger charge is 2.20. The van der Waals surface area contributed by atoms with E-state index in [0.29, 0.717) is 12.5 Å². The van der Waals surface area contributed by atoms with E-state index in [-0.39, 0.29) is 5.60 Å². The summed E-state index contributed by atoms with van der Waals surface area (Å²) in [6.07, 6.45) is 0. The summed E-state index contributed by atoms with van der Waals surface area (Å²) in [6.45, 7) is 8.14. The van der Waals surface area contributed by atoms with E-state index in [0.717, 1.165) is 31.2 Å². The second kappa shape index (κ2) is 7.20. The van der Waals surface area contributed by atoms with E-state index in [2.05, 4.69) is 26.9 Å². The minimum absolute atomic E-state index is 0.282. The maximum Gasteiger partial charge on any atom is 0.191 e. The number of benzene rings is 1. The third-order valence-corrected chi connectivity index (χ3v) is 4.22. The van der Waals surface area contributed by atoms with Gasteiger partial charge in [0.25, 0.3) is 0 Å². The fourth-order valence-corrected chi connectivity index (χ4v) is 2.41. The van der Waals surface area contributed by atoms with Crippen molar-refractivity contribution >= 4 is 23.2 Å². The summed E-state index contributed by atoms with van der Waals surface area (Å²) < 4.78 is 5.36. The Morgan fingerprint density at radius 2 is 1.82 bits per heavy atom. The van der Waals surface area contributed by atoms with Gasteiger partial charge in [-0.3, -0.25) is 4.99 Å². The van der Waals surface area contributed by atoms with Gasteiger partial charge in [-0.25, -0.2) is 0 Å². The summed E-state index contributed by atoms with van der Waals surface area (Å²) in [5.74, 6) is 0.598. The van der Waals surface area contributed by atoms with E-state index in [1.165, 1.54) is 5.69 Å². The molecule has 0 aromatic heterocycles. The van der Waals surface area contributed by atoms with Gasteiger partial charge >= 0.3 is 0 Å². The molecule has 1 heterocycles. The lowest BCUT2D eigenvalue weighted by Crippen LogP contribution is -2.51. The highest BCUT2D eigenvalue weighted by atomic mass is 35.5. The largest absolute Gasteiger partial charge is 0.377 e. The Morgan fingerprint density at radius 3 is 2.36 bits per heavy atom. The van der Waals surface area contributed by atoms with Crippen LogP contribution in [0.25, 0.3) is 0 Å². The summed E-state index contributed by atoms with van der Waals surface area (Å²) in [4.78, 5) is 8.91. The minimum atomic E-state index is -0.282. The zero-order valence-corrected chi connectivity index (χ0v) is 14.3. The van der Waals surface area contributed by atoms with Crippen molar-refractivity contribution in [1.82, 2.24) is 4.90 Å². The van der Waals surface area contributed by atoms with Crippen molar-refractivity contribution in [2.24, 2.45) is 10.7 Å². The zero-order valence-electron chi connectivity index (χ0n) is 13.6. The fraction of sp³-hybridized carbons (Fsp3) is 0.562. The number of ether oxygens (including phenoxy) is 1. The number of hydrogen-bond acceptors (Lipinski definition) is 3. The van der Waals surface area contributed by atoms with E-state index in [1.54, 1.807) is 7.11 Å². The maximum atomic E-state index is 6.10. The number of guanidine groups is 1. The Morgan fingerprint density at radius 1 is 1.23 bits per heavy atom. The molecule has 22 heavy (non-hydrogen) atoms. The first kappa shape index (κ1) is 16.9. The molecule has 1 aromatic rings. The second-order valence-electron chi connectivity index (χ2n) is 6.09. The molecule has 0 radical (unpaired) electrons. The third-order valence-electron chi connectivity index (χ3n) is 3.97. The van der Waals surface area contributed by atoms with Crippen LogP contribution in [0, 0.1) is 0 Å². The number of aliphatic imine (C=N–C) groups is 1. The highest BCUT2D eigenvalue weighted by molar-refractivity contribution is 6.30. The Hall–Kier alpha value is -1.46. The predicted molar refractivity (Wildman–Crippen MR) is 92.8 cm³/mol. The Labute approximate surface area is 137 Å². The van der Waals surface area contributed by atoms with Gasteiger partial charge in [0.2, 0.25) is 0 Å². The second-order valence-corrected chi connectivity index (χ2v) is 6.53. The average Bonchev–Trinajstić information content (AvgIpc) is 2.54. The van der Waals surface area contributed by atoms with Crippen LogP contribution in [0.5, 0.6) is 0 Å². The Bertz CT molecular complexity index is 507. The molecule has 0 bridgehead atoms. The Balaban J connectivity index is 1.88. The van der Waals surface area contributed by atoms with Crippen molar-refractivity contribution in [3.63, 3.8) is 0 Å². The Kier molecular flexibility index (Phi) is 5.53. The summed E-state index contributed by atoms with van der Waals surface area (Å²) in [6, 6.07) is 7.95. The van der Waals surface area contributed by atoms with Crippen LogP contribution in [0.3, 0.4) is 0 Å². The number of halogens is 1. The topological polar surface area (TPSA) is 54.1 Å². The van der Waals surface area contributed by atoms with Crippen LogP contribution in [-0.4, -0.2) is 56.3 Å². The van der Waals surface area contributed by atoms with Crippen LogP contribution in [0.15, 0.2) is 29.3 Å². The molecular formula is C16H25ClN4O. The van der Waals surface area contributed by atoms with Gasteiger partial charge in [-0.1, -0.05) is 11.6 Å². The molecule has 0 unspecified atom stereocenters. The standard InChI is InChI=1S/C16H25ClN4O/c1-16(2,22-3)12-19-15(18)21-10-8-20(9-11-21)14-6-4-13(17)5-7-14/h4-7H,8-12H2,1-3H3,(H2,18,19). The van der Waals surface area contributed by atoms with Crippen molar-refractivity contribution in [2.75, 3.05) is 44.7 Å². The van der Waals surface area contributed by atoms with Gasteiger partial charge in [-0.05, 0) is 38.1 Å². The number of rotatable bonds is 4. The van der Waals surface area contributed by atoms with Gasteiger partial charge in [-0.2, -0.15) is 0 Å². The van der Waals surface area contributed by atoms with Crippen molar-refractivity contribution in [1.29, 1.82) is 0 Å². The highest BCUT2D eigenvalue weighted by Crippen LogP contribution is 2.19. The molecule has 0 saturated carbocycles. The lowest BCUT2D eigenvalue weighted by atomic mass is 10.1. The minimum Gasteiger partial charge on any atom is -0.377 e. The van der Waals surface area contributed by atoms with Gasteiger partial charge in [0.1, 0.15) is 0 Å². The van der Waals surface area contributed by atoms with Gasteiger partial charge < -0.3 is 20.3 Å². The molecule has 2 rings (SSSR count). The molecule has 1 fully saturated rings. The molecule has 5 nitrogen and oxygen atoms in total. The van der Waals surface area contributed by atoms with Crippen molar-refractivity contribution in [3.05, 3.63) is 29.3 Å². The molecule has 1 aliphatic rings. The normalized spacial score (nSPS) is 17.0. The van der Waals surface area contributed by atoms with Crippen LogP contribution < -0.4 is 10.6 Å². The molecule has 0 amide bonds. The van der Waals surface area contributed by atoms with E-state index in [1.807, 2.05) is 26.0 Å². The molecule has 0 spiro atoms. The molecule has 1 aliphatic heterocycles. The SMILES string of the molecule is COC(C)(C)CN=C(N)N1CCN(c2ccc(Cl)cc2)CC1. The molecule has 6 heteroatoms. The van der Waals surface area contributed by atoms with Crippen molar-refractivity contribution < 1.29 is 4.74 Å². The average molecular weight is 325 g/mol. The first-order valence-corrected chi connectivity index (χ1v) is 7.89. The molecule has 1 saturated heterocycles. The van der Waals surface area contributed by atoms with E-state index in [4.69, 9.17) is 22.1 Å². The molecular weight excluding hydrogens is 300 g/mol. The number of nitrogens with two attached hydrogens (primary N) is 1. The number of hydrogen-bond donors (Lipinski definition) is 1. The lowest BCUT2D eigenvalue weighted by molar-refractivity contribution is 0.0309. The molecule has 0 atom stereocenters. The van der Waals surface area contributed by atoms with E-state index >= 15 is 0 Å². The lowest BCUT2D eigenvalue weighted by Gasteiger charge is -2.36. The van der Waals surface area contributed by atoms with Crippen LogP contribution >= 0.6 is 11.6 Å². The summed E-state index contributed by atoms with van der Waals surface area (Å²) in [7, 11) is 1.69. The monoisotopic (exact) mass is 324 g/mol. The van der Waals surface area contributed by atoms with Crippen LogP contribution in [0.4, 0.5) is 5.69 Å². The summed E-state index contributed by atoms with van der Waals surface area (Å²) in [5, 5.41) is 0.763. The van der Waals surface area contributed by atoms with Crippen LogP contribution in [0.1, 0.15) is 13.8 Å². The zero-order chi connectivity index (χ0) is 16.2. The molecule has 2 N–H and O–H groups in total. The van der Waals surface area contributed by atoms with Gasteiger partial charge in [0.15, 0.2) is 5.96 Å². The smallest absolute Gasteiger partial charge is 0.191 e. The number of anilines is 1. The molecule has 1 aromatic carbocycles. The van der Waals surface area contributed by atoms with Gasteiger partial charge in [-0.15, -0.1) is 0 Å². The molecule has 122 valence electrons. The van der Waals surface area contributed by atoms with Gasteiger partial charge in [0.05, 0.1) is 12.1 Å². The van der Waals surface area contributed by atoms with Crippen molar-refractivity contribution in [2.45, 2.75) is 19.4 Å². The summed E-state index contributed by atoms with van der Waals surface area (Å²) >= 11 is 5.93. The van der Waals surface area contributed by atoms with Crippen LogP contribution in [-0.2, 0) is 4.74 Å². The van der Waals surface area contributed by atoms with E-state index in [9.17, 15) is 0 Å². The fourth-order valence-electron chi connectivity index (χ4n) is 2.28. The first-order valence-electron chi connectivity index (χ1n) is 7.52. The number of methoxy groups -OCH3 is 1. The van der Waals surface area contributed by atoms with Crippen LogP contribution in [0.2, 0.25) is 5.02 Å². The van der Waals surface area contributed by atoms with E-state index < -0.39 is 0 Å². The molecule has 0 aliphatic carbocycles. The third kappa shape index (κ3) is 4.52.